The molecule has 0 bridgehead atoms. The summed E-state index contributed by atoms with van der Waals surface area (Å²) in [6.07, 6.45) is 3.65. The predicted molar refractivity (Wildman–Crippen MR) is 66.1 cm³/mol. The summed E-state index contributed by atoms with van der Waals surface area (Å²) in [6.45, 7) is 11.5. The Bertz CT molecular complexity index is 206. The monoisotopic (exact) mass is 215 g/mol. The minimum atomic E-state index is -0.322. The second kappa shape index (κ2) is 6.12. The van der Waals surface area contributed by atoms with E-state index in [1.165, 1.54) is 0 Å². The van der Waals surface area contributed by atoms with E-state index in [4.69, 9.17) is 0 Å². The molecule has 0 aliphatic heterocycles. The number of rotatable bonds is 5. The first kappa shape index (κ1) is 13.6. The highest BCUT2D eigenvalue weighted by Crippen LogP contribution is 2.09. The first-order valence-corrected chi connectivity index (χ1v) is 6.03. The summed E-state index contributed by atoms with van der Waals surface area (Å²) in [6, 6.07) is 0. The van der Waals surface area contributed by atoms with Crippen LogP contribution in [0.2, 0.25) is 0 Å². The molecule has 14 heavy (non-hydrogen) atoms. The van der Waals surface area contributed by atoms with Gasteiger partial charge in [0.15, 0.2) is 11.8 Å². The van der Waals surface area contributed by atoms with E-state index in [1.807, 2.05) is 26.8 Å². The van der Waals surface area contributed by atoms with Crippen LogP contribution in [0.4, 0.5) is 0 Å². The third-order valence-electron chi connectivity index (χ3n) is 1.67. The van der Waals surface area contributed by atoms with Gasteiger partial charge in [-0.2, -0.15) is 11.8 Å². The summed E-state index contributed by atoms with van der Waals surface area (Å²) in [7, 11) is 0. The highest BCUT2D eigenvalue weighted by atomic mass is 32.2. The van der Waals surface area contributed by atoms with Crippen molar-refractivity contribution in [3.63, 3.8) is 0 Å². The van der Waals surface area contributed by atoms with Crippen LogP contribution in [-0.4, -0.2) is 28.0 Å². The molecule has 0 rings (SSSR count). The zero-order valence-electron chi connectivity index (χ0n) is 9.62. The van der Waals surface area contributed by atoms with Crippen LogP contribution >= 0.6 is 11.8 Å². The van der Waals surface area contributed by atoms with Gasteiger partial charge in [-0.25, -0.2) is 4.74 Å². The molecule has 2 nitrogen and oxygen atoms in total. The number of thioether (sulfide) groups is 1. The number of hydroxylamine groups is 1. The molecular formula is C11H21NOS. The van der Waals surface area contributed by atoms with E-state index < -0.39 is 0 Å². The van der Waals surface area contributed by atoms with E-state index in [1.54, 1.807) is 18.0 Å². The Balaban J connectivity index is 4.02. The van der Waals surface area contributed by atoms with Gasteiger partial charge >= 0.3 is 0 Å². The van der Waals surface area contributed by atoms with Crippen LogP contribution in [0.15, 0.2) is 12.7 Å². The van der Waals surface area contributed by atoms with Crippen molar-refractivity contribution in [1.82, 2.24) is 0 Å². The van der Waals surface area contributed by atoms with Crippen molar-refractivity contribution in [2.75, 3.05) is 11.5 Å². The number of hydrogen-bond donors (Lipinski definition) is 0. The Morgan fingerprint density at radius 1 is 1.50 bits per heavy atom. The van der Waals surface area contributed by atoms with Gasteiger partial charge < -0.3 is 5.21 Å². The van der Waals surface area contributed by atoms with Gasteiger partial charge in [-0.05, 0) is 0 Å². The summed E-state index contributed by atoms with van der Waals surface area (Å²) < 4.78 is 1.05. The van der Waals surface area contributed by atoms with Gasteiger partial charge in [-0.1, -0.05) is 13.0 Å². The second-order valence-corrected chi connectivity index (χ2v) is 5.52. The molecular weight excluding hydrogens is 194 g/mol. The summed E-state index contributed by atoms with van der Waals surface area (Å²) in [5, 5.41) is 11.5. The molecule has 0 heterocycles. The molecule has 1 atom stereocenters. The van der Waals surface area contributed by atoms with Gasteiger partial charge in [0, 0.05) is 38.2 Å². The maximum atomic E-state index is 11.5. The number of nitrogens with zero attached hydrogens (tertiary/aromatic N) is 1. The van der Waals surface area contributed by atoms with Crippen molar-refractivity contribution >= 4 is 18.0 Å². The Hall–Kier alpha value is -0.440. The molecule has 0 radical (unpaired) electrons. The predicted octanol–water partition coefficient (Wildman–Crippen LogP) is 2.92. The molecule has 1 unspecified atom stereocenters. The van der Waals surface area contributed by atoms with E-state index in [-0.39, 0.29) is 5.54 Å². The summed E-state index contributed by atoms with van der Waals surface area (Å²) in [5.74, 6) is 2.24. The first-order chi connectivity index (χ1) is 6.38. The van der Waals surface area contributed by atoms with Gasteiger partial charge in [0.2, 0.25) is 0 Å². The minimum Gasteiger partial charge on any atom is -0.624 e. The van der Waals surface area contributed by atoms with Crippen LogP contribution in [0, 0.1) is 11.1 Å². The van der Waals surface area contributed by atoms with Crippen LogP contribution in [0.1, 0.15) is 27.7 Å². The van der Waals surface area contributed by atoms with Crippen LogP contribution in [0.25, 0.3) is 0 Å². The van der Waals surface area contributed by atoms with Gasteiger partial charge in [0.1, 0.15) is 0 Å². The average molecular weight is 215 g/mol. The van der Waals surface area contributed by atoms with Crippen molar-refractivity contribution in [3.05, 3.63) is 17.9 Å². The quantitative estimate of drug-likeness (QED) is 0.176. The normalized spacial score (nSPS) is 15.3. The minimum absolute atomic E-state index is 0.316. The fourth-order valence-corrected chi connectivity index (χ4v) is 1.60. The van der Waals surface area contributed by atoms with Gasteiger partial charge in [0.05, 0.1) is 0 Å². The standard InChI is InChI=1S/C11H21NOS/c1-6-7-14-9-10(2)8-12(13)11(3,4)5/h6,8,10H,1,7,9H2,2-5H3/b12-8-. The molecule has 0 aromatic heterocycles. The highest BCUT2D eigenvalue weighted by molar-refractivity contribution is 7.99. The molecule has 3 heteroatoms. The highest BCUT2D eigenvalue weighted by Gasteiger charge is 2.18. The molecule has 0 amide bonds. The molecule has 0 aliphatic rings. The fourth-order valence-electron chi connectivity index (χ4n) is 0.835. The SMILES string of the molecule is C=CCSCC(C)/C=[N+](\[O-])C(C)(C)C. The Kier molecular flexibility index (Phi) is 5.93. The summed E-state index contributed by atoms with van der Waals surface area (Å²) in [4.78, 5) is 0. The summed E-state index contributed by atoms with van der Waals surface area (Å²) >= 11 is 1.80. The largest absolute Gasteiger partial charge is 0.624 e. The maximum Gasteiger partial charge on any atom is 0.164 e. The lowest BCUT2D eigenvalue weighted by Gasteiger charge is -2.20. The van der Waals surface area contributed by atoms with Crippen LogP contribution in [0.5, 0.6) is 0 Å². The van der Waals surface area contributed by atoms with Crippen LogP contribution in [0.3, 0.4) is 0 Å². The van der Waals surface area contributed by atoms with Crippen LogP contribution in [-0.2, 0) is 0 Å². The molecule has 0 N–H and O–H groups in total. The molecule has 0 aliphatic carbocycles. The van der Waals surface area contributed by atoms with Gasteiger partial charge in [-0.15, -0.1) is 6.58 Å². The molecule has 0 aromatic carbocycles. The fraction of sp³-hybridized carbons (Fsp3) is 0.727. The zero-order valence-corrected chi connectivity index (χ0v) is 10.4. The number of hydrogen-bond acceptors (Lipinski definition) is 2. The van der Waals surface area contributed by atoms with Crippen molar-refractivity contribution < 1.29 is 4.74 Å². The molecule has 0 fully saturated rings. The molecule has 0 spiro atoms. The Labute approximate surface area is 91.7 Å². The smallest absolute Gasteiger partial charge is 0.164 e. The van der Waals surface area contributed by atoms with Crippen molar-refractivity contribution in [1.29, 1.82) is 0 Å². The molecule has 82 valence electrons. The summed E-state index contributed by atoms with van der Waals surface area (Å²) in [5.41, 5.74) is -0.322. The lowest BCUT2D eigenvalue weighted by molar-refractivity contribution is -0.532. The van der Waals surface area contributed by atoms with Crippen molar-refractivity contribution in [2.45, 2.75) is 33.2 Å². The van der Waals surface area contributed by atoms with E-state index in [2.05, 4.69) is 13.5 Å². The molecule has 0 saturated carbocycles. The maximum absolute atomic E-state index is 11.5. The van der Waals surface area contributed by atoms with Gasteiger partial charge in [0.25, 0.3) is 0 Å². The average Bonchev–Trinajstić information content (AvgIpc) is 2.03. The van der Waals surface area contributed by atoms with Crippen molar-refractivity contribution in [3.8, 4) is 0 Å². The van der Waals surface area contributed by atoms with E-state index >= 15 is 0 Å². The van der Waals surface area contributed by atoms with Crippen molar-refractivity contribution in [2.24, 2.45) is 5.92 Å². The zero-order chi connectivity index (χ0) is 11.2. The Morgan fingerprint density at radius 3 is 2.50 bits per heavy atom. The lowest BCUT2D eigenvalue weighted by Crippen LogP contribution is -2.30. The van der Waals surface area contributed by atoms with E-state index in [9.17, 15) is 5.21 Å². The third kappa shape index (κ3) is 6.08. The topological polar surface area (TPSA) is 26.1 Å². The Morgan fingerprint density at radius 2 is 2.07 bits per heavy atom. The lowest BCUT2D eigenvalue weighted by atomic mass is 10.1. The second-order valence-electron chi connectivity index (χ2n) is 4.45. The van der Waals surface area contributed by atoms with E-state index in [0.29, 0.717) is 5.92 Å². The van der Waals surface area contributed by atoms with E-state index in [0.717, 1.165) is 16.2 Å². The van der Waals surface area contributed by atoms with Crippen LogP contribution < -0.4 is 0 Å². The third-order valence-corrected chi connectivity index (χ3v) is 2.90. The molecule has 0 aromatic rings. The molecule has 0 saturated heterocycles. The first-order valence-electron chi connectivity index (χ1n) is 4.88. The van der Waals surface area contributed by atoms with Gasteiger partial charge in [-0.3, -0.25) is 0 Å².